The number of imidazole rings is 1. The van der Waals surface area contributed by atoms with E-state index in [0.29, 0.717) is 23.6 Å². The molecule has 31 heavy (non-hydrogen) atoms. The van der Waals surface area contributed by atoms with E-state index in [-0.39, 0.29) is 24.2 Å². The Bertz CT molecular complexity index is 1260. The minimum absolute atomic E-state index is 0.0661. The van der Waals surface area contributed by atoms with E-state index >= 15 is 0 Å². The molecule has 1 atom stereocenters. The summed E-state index contributed by atoms with van der Waals surface area (Å²) >= 11 is 6.31. The molecule has 4 aromatic rings. The summed E-state index contributed by atoms with van der Waals surface area (Å²) < 4.78 is 16.5. The average molecular weight is 434 g/mol. The van der Waals surface area contributed by atoms with Crippen LogP contribution in [0, 0.1) is 12.7 Å². The number of halogens is 2. The maximum atomic E-state index is 14.5. The number of amides is 1. The van der Waals surface area contributed by atoms with E-state index in [1.165, 1.54) is 6.07 Å². The maximum absolute atomic E-state index is 14.5. The molecule has 1 aliphatic rings. The highest BCUT2D eigenvalue weighted by molar-refractivity contribution is 6.31. The molecule has 6 heteroatoms. The highest BCUT2D eigenvalue weighted by atomic mass is 35.5. The highest BCUT2D eigenvalue weighted by Gasteiger charge is 2.35. The minimum Gasteiger partial charge on any atom is -0.323 e. The summed E-state index contributed by atoms with van der Waals surface area (Å²) in [5.74, 6) is 0.409. The number of benzene rings is 3. The Morgan fingerprint density at radius 2 is 1.84 bits per heavy atom. The molecule has 5 rings (SSSR count). The van der Waals surface area contributed by atoms with Crippen molar-refractivity contribution in [2.45, 2.75) is 25.8 Å². The van der Waals surface area contributed by atoms with Gasteiger partial charge in [0.05, 0.1) is 17.6 Å². The zero-order chi connectivity index (χ0) is 21.5. The van der Waals surface area contributed by atoms with Crippen molar-refractivity contribution in [2.75, 3.05) is 11.4 Å². The van der Waals surface area contributed by atoms with Crippen LogP contribution in [0.5, 0.6) is 0 Å². The first kappa shape index (κ1) is 19.8. The Morgan fingerprint density at radius 1 is 1.06 bits per heavy atom. The normalized spacial score (nSPS) is 16.4. The summed E-state index contributed by atoms with van der Waals surface area (Å²) in [6.45, 7) is 2.82. The lowest BCUT2D eigenvalue weighted by molar-refractivity contribution is -0.117. The van der Waals surface area contributed by atoms with Gasteiger partial charge in [0.1, 0.15) is 11.6 Å². The molecule has 1 amide bonds. The first-order valence-corrected chi connectivity index (χ1v) is 10.6. The van der Waals surface area contributed by atoms with Crippen molar-refractivity contribution in [3.8, 4) is 0 Å². The third kappa shape index (κ3) is 3.59. The van der Waals surface area contributed by atoms with Crippen LogP contribution in [-0.2, 0) is 11.3 Å². The summed E-state index contributed by atoms with van der Waals surface area (Å²) in [5.41, 5.74) is 4.19. The van der Waals surface area contributed by atoms with Gasteiger partial charge in [0.15, 0.2) is 0 Å². The molecule has 1 saturated heterocycles. The molecule has 0 saturated carbocycles. The van der Waals surface area contributed by atoms with E-state index < -0.39 is 0 Å². The molecule has 0 radical (unpaired) electrons. The molecule has 1 aromatic heterocycles. The van der Waals surface area contributed by atoms with Crippen LogP contribution in [-0.4, -0.2) is 22.0 Å². The molecule has 1 fully saturated rings. The van der Waals surface area contributed by atoms with Gasteiger partial charge in [-0.1, -0.05) is 47.5 Å². The maximum Gasteiger partial charge on any atom is 0.227 e. The van der Waals surface area contributed by atoms with E-state index in [2.05, 4.69) is 0 Å². The lowest BCUT2D eigenvalue weighted by Gasteiger charge is -2.18. The van der Waals surface area contributed by atoms with Gasteiger partial charge in [-0.05, 0) is 43.3 Å². The third-order valence-electron chi connectivity index (χ3n) is 5.90. The quantitative estimate of drug-likeness (QED) is 0.413. The summed E-state index contributed by atoms with van der Waals surface area (Å²) in [5, 5.41) is 0.382. The molecule has 1 aliphatic heterocycles. The van der Waals surface area contributed by atoms with Gasteiger partial charge >= 0.3 is 0 Å². The van der Waals surface area contributed by atoms with Crippen molar-refractivity contribution in [3.63, 3.8) is 0 Å². The fraction of sp³-hybridized carbons (Fsp3) is 0.200. The number of fused-ring (bicyclic) bond motifs is 1. The van der Waals surface area contributed by atoms with Gasteiger partial charge in [-0.3, -0.25) is 4.79 Å². The standard InChI is InChI=1S/C25H21ClFN3O/c1-16-9-11-18(12-10-16)29-14-17(13-24(29)31)25-28-22-7-2-3-8-23(22)30(25)15-19-20(26)5-4-6-21(19)27/h2-12,17H,13-15H2,1H3. The second-order valence-electron chi connectivity index (χ2n) is 7.99. The molecule has 0 spiro atoms. The summed E-state index contributed by atoms with van der Waals surface area (Å²) in [4.78, 5) is 19.5. The number of anilines is 1. The number of carbonyl (C=O) groups excluding carboxylic acids is 1. The van der Waals surface area contributed by atoms with Crippen LogP contribution in [0.1, 0.15) is 29.3 Å². The Hall–Kier alpha value is -3.18. The number of aromatic nitrogens is 2. The van der Waals surface area contributed by atoms with Crippen molar-refractivity contribution in [3.05, 3.63) is 94.5 Å². The zero-order valence-corrected chi connectivity index (χ0v) is 17.8. The zero-order valence-electron chi connectivity index (χ0n) is 17.1. The molecule has 0 aliphatic carbocycles. The van der Waals surface area contributed by atoms with Crippen molar-refractivity contribution < 1.29 is 9.18 Å². The fourth-order valence-electron chi connectivity index (χ4n) is 4.27. The Balaban J connectivity index is 1.55. The Kier molecular flexibility index (Phi) is 4.98. The van der Waals surface area contributed by atoms with E-state index in [1.54, 1.807) is 12.1 Å². The largest absolute Gasteiger partial charge is 0.323 e. The number of nitrogens with zero attached hydrogens (tertiary/aromatic N) is 3. The number of aryl methyl sites for hydroxylation is 1. The van der Waals surface area contributed by atoms with Crippen LogP contribution in [0.15, 0.2) is 66.7 Å². The predicted octanol–water partition coefficient (Wildman–Crippen LogP) is 5.71. The van der Waals surface area contributed by atoms with Crippen molar-refractivity contribution >= 4 is 34.2 Å². The van der Waals surface area contributed by atoms with Crippen molar-refractivity contribution in [2.24, 2.45) is 0 Å². The number of rotatable bonds is 4. The van der Waals surface area contributed by atoms with Gasteiger partial charge in [0.25, 0.3) is 0 Å². The molecule has 2 heterocycles. The van der Waals surface area contributed by atoms with Crippen LogP contribution in [0.2, 0.25) is 5.02 Å². The molecule has 1 unspecified atom stereocenters. The lowest BCUT2D eigenvalue weighted by Crippen LogP contribution is -2.24. The van der Waals surface area contributed by atoms with Gasteiger partial charge in [0, 0.05) is 35.2 Å². The predicted molar refractivity (Wildman–Crippen MR) is 121 cm³/mol. The summed E-state index contributed by atoms with van der Waals surface area (Å²) in [6.07, 6.45) is 0.363. The number of hydrogen-bond acceptors (Lipinski definition) is 2. The molecule has 0 bridgehead atoms. The van der Waals surface area contributed by atoms with Crippen LogP contribution in [0.3, 0.4) is 0 Å². The molecular formula is C25H21ClFN3O. The van der Waals surface area contributed by atoms with Crippen LogP contribution >= 0.6 is 11.6 Å². The second kappa shape index (κ2) is 7.82. The minimum atomic E-state index is -0.347. The van der Waals surface area contributed by atoms with Crippen molar-refractivity contribution in [1.29, 1.82) is 0 Å². The van der Waals surface area contributed by atoms with Gasteiger partial charge < -0.3 is 9.47 Å². The van der Waals surface area contributed by atoms with E-state index in [9.17, 15) is 9.18 Å². The monoisotopic (exact) mass is 433 g/mol. The SMILES string of the molecule is Cc1ccc(N2CC(c3nc4ccccc4n3Cc3c(F)cccc3Cl)CC2=O)cc1. The van der Waals surface area contributed by atoms with Gasteiger partial charge in [-0.2, -0.15) is 0 Å². The van der Waals surface area contributed by atoms with Crippen LogP contribution in [0.25, 0.3) is 11.0 Å². The summed E-state index contributed by atoms with van der Waals surface area (Å²) in [6, 6.07) is 20.4. The second-order valence-corrected chi connectivity index (χ2v) is 8.39. The number of para-hydroxylation sites is 2. The first-order chi connectivity index (χ1) is 15.0. The van der Waals surface area contributed by atoms with E-state index in [1.807, 2.05) is 64.9 Å². The Morgan fingerprint density at radius 3 is 2.61 bits per heavy atom. The smallest absolute Gasteiger partial charge is 0.227 e. The van der Waals surface area contributed by atoms with Gasteiger partial charge in [-0.15, -0.1) is 0 Å². The average Bonchev–Trinajstić information content (AvgIpc) is 3.32. The number of hydrogen-bond donors (Lipinski definition) is 0. The number of carbonyl (C=O) groups is 1. The molecule has 156 valence electrons. The lowest BCUT2D eigenvalue weighted by atomic mass is 10.1. The molecule has 4 nitrogen and oxygen atoms in total. The third-order valence-corrected chi connectivity index (χ3v) is 6.25. The van der Waals surface area contributed by atoms with Gasteiger partial charge in [-0.25, -0.2) is 9.37 Å². The molecule has 0 N–H and O–H groups in total. The van der Waals surface area contributed by atoms with Gasteiger partial charge in [0.2, 0.25) is 5.91 Å². The topological polar surface area (TPSA) is 38.1 Å². The fourth-order valence-corrected chi connectivity index (χ4v) is 4.49. The van der Waals surface area contributed by atoms with Crippen LogP contribution < -0.4 is 4.90 Å². The summed E-state index contributed by atoms with van der Waals surface area (Å²) in [7, 11) is 0. The molecular weight excluding hydrogens is 413 g/mol. The Labute approximate surface area is 184 Å². The van der Waals surface area contributed by atoms with Crippen molar-refractivity contribution in [1.82, 2.24) is 9.55 Å². The first-order valence-electron chi connectivity index (χ1n) is 10.3. The highest BCUT2D eigenvalue weighted by Crippen LogP contribution is 2.34. The molecule has 3 aromatic carbocycles. The van der Waals surface area contributed by atoms with E-state index in [0.717, 1.165) is 28.1 Å². The van der Waals surface area contributed by atoms with E-state index in [4.69, 9.17) is 16.6 Å². The van der Waals surface area contributed by atoms with Crippen LogP contribution in [0.4, 0.5) is 10.1 Å².